The molecule has 0 saturated heterocycles. The van der Waals surface area contributed by atoms with E-state index in [2.05, 4.69) is 5.32 Å². The quantitative estimate of drug-likeness (QED) is 0.464. The van der Waals surface area contributed by atoms with Crippen molar-refractivity contribution in [3.63, 3.8) is 0 Å². The van der Waals surface area contributed by atoms with Crippen LogP contribution in [-0.4, -0.2) is 24.2 Å². The van der Waals surface area contributed by atoms with E-state index in [4.69, 9.17) is 23.2 Å². The number of rotatable bonds is 4. The zero-order valence-corrected chi connectivity index (χ0v) is 5.67. The Morgan fingerprint density at radius 1 is 1.50 bits per heavy atom. The molecule has 8 heavy (non-hydrogen) atoms. The van der Waals surface area contributed by atoms with Crippen LogP contribution in [0.5, 0.6) is 0 Å². The average molecular weight is 155 g/mol. The summed E-state index contributed by atoms with van der Waals surface area (Å²) in [6, 6.07) is -0.143. The molecule has 0 fully saturated rings. The predicted octanol–water partition coefficient (Wildman–Crippen LogP) is 0.489. The van der Waals surface area contributed by atoms with Gasteiger partial charge in [0, 0.05) is 11.8 Å². The molecule has 2 nitrogen and oxygen atoms in total. The summed E-state index contributed by atoms with van der Waals surface area (Å²) in [5.41, 5.74) is 0. The fourth-order valence-corrected chi connectivity index (χ4v) is 0.686. The van der Waals surface area contributed by atoms with Crippen LogP contribution in [0.25, 0.3) is 0 Å². The van der Waals surface area contributed by atoms with Crippen LogP contribution in [0.4, 0.5) is 0 Å². The molecule has 1 radical (unpaired) electrons. The van der Waals surface area contributed by atoms with Crippen molar-refractivity contribution in [3.05, 3.63) is 0 Å². The Morgan fingerprint density at radius 3 is 2.12 bits per heavy atom. The normalized spacial score (nSPS) is 9.38. The highest BCUT2D eigenvalue weighted by molar-refractivity contribution is 6.21. The van der Waals surface area contributed by atoms with Crippen LogP contribution < -0.4 is 5.32 Å². The minimum atomic E-state index is -0.143. The number of amides is 1. The summed E-state index contributed by atoms with van der Waals surface area (Å²) in [6.07, 6.45) is 1.50. The van der Waals surface area contributed by atoms with Crippen LogP contribution in [0.15, 0.2) is 0 Å². The molecule has 0 aliphatic carbocycles. The van der Waals surface area contributed by atoms with Crippen molar-refractivity contribution < 1.29 is 4.79 Å². The van der Waals surface area contributed by atoms with Crippen LogP contribution in [0.2, 0.25) is 0 Å². The molecular formula is C4H6Cl2NO. The second-order valence-electron chi connectivity index (χ2n) is 1.25. The molecule has 0 saturated carbocycles. The van der Waals surface area contributed by atoms with Crippen molar-refractivity contribution in [1.29, 1.82) is 0 Å². The van der Waals surface area contributed by atoms with E-state index in [1.807, 2.05) is 0 Å². The van der Waals surface area contributed by atoms with Gasteiger partial charge in [-0.3, -0.25) is 4.79 Å². The summed E-state index contributed by atoms with van der Waals surface area (Å²) in [5.74, 6) is 0.664. The maximum absolute atomic E-state index is 9.58. The lowest BCUT2D eigenvalue weighted by atomic mass is 10.4. The van der Waals surface area contributed by atoms with Crippen LogP contribution in [-0.2, 0) is 4.79 Å². The second kappa shape index (κ2) is 5.19. The molecule has 0 spiro atoms. The Labute approximate surface area is 58.2 Å². The van der Waals surface area contributed by atoms with Gasteiger partial charge in [0.05, 0.1) is 6.04 Å². The Balaban J connectivity index is 3.20. The third-order valence-electron chi connectivity index (χ3n) is 0.636. The summed E-state index contributed by atoms with van der Waals surface area (Å²) in [6.45, 7) is 0. The maximum atomic E-state index is 9.58. The van der Waals surface area contributed by atoms with Gasteiger partial charge in [-0.25, -0.2) is 0 Å². The molecule has 0 aromatic rings. The van der Waals surface area contributed by atoms with E-state index >= 15 is 0 Å². The first-order valence-corrected chi connectivity index (χ1v) is 3.16. The number of alkyl halides is 2. The first kappa shape index (κ1) is 8.05. The summed E-state index contributed by atoms with van der Waals surface area (Å²) in [4.78, 5) is 9.58. The second-order valence-corrected chi connectivity index (χ2v) is 1.87. The fraction of sp³-hybridized carbons (Fsp3) is 0.750. The lowest BCUT2D eigenvalue weighted by Crippen LogP contribution is -2.30. The molecule has 0 heterocycles. The Kier molecular flexibility index (Phi) is 5.22. The summed E-state index contributed by atoms with van der Waals surface area (Å²) >= 11 is 10.6. The summed E-state index contributed by atoms with van der Waals surface area (Å²) < 4.78 is 0. The van der Waals surface area contributed by atoms with Crippen LogP contribution in [0.1, 0.15) is 0 Å². The highest BCUT2D eigenvalue weighted by Gasteiger charge is 2.00. The molecule has 4 heteroatoms. The van der Waals surface area contributed by atoms with E-state index in [1.54, 1.807) is 0 Å². The third kappa shape index (κ3) is 3.10. The van der Waals surface area contributed by atoms with Gasteiger partial charge >= 0.3 is 6.41 Å². The van der Waals surface area contributed by atoms with E-state index in [1.165, 1.54) is 6.41 Å². The number of halogens is 2. The fourth-order valence-electron chi connectivity index (χ4n) is 0.202. The first-order chi connectivity index (χ1) is 3.85. The van der Waals surface area contributed by atoms with Crippen LogP contribution in [0.3, 0.4) is 0 Å². The zero-order valence-electron chi connectivity index (χ0n) is 4.16. The van der Waals surface area contributed by atoms with Crippen molar-refractivity contribution in [2.75, 3.05) is 11.8 Å². The molecule has 0 aliphatic rings. The smallest absolute Gasteiger partial charge is 0.309 e. The molecular weight excluding hydrogens is 149 g/mol. The van der Waals surface area contributed by atoms with Crippen molar-refractivity contribution >= 4 is 29.6 Å². The lowest BCUT2D eigenvalue weighted by molar-refractivity contribution is 0.533. The first-order valence-electron chi connectivity index (χ1n) is 2.09. The van der Waals surface area contributed by atoms with Gasteiger partial charge in [-0.1, -0.05) is 0 Å². The highest BCUT2D eigenvalue weighted by atomic mass is 35.5. The van der Waals surface area contributed by atoms with E-state index in [9.17, 15) is 4.79 Å². The lowest BCUT2D eigenvalue weighted by Gasteiger charge is -2.04. The topological polar surface area (TPSA) is 29.1 Å². The van der Waals surface area contributed by atoms with Gasteiger partial charge in [-0.15, -0.1) is 23.2 Å². The van der Waals surface area contributed by atoms with Gasteiger partial charge in [0.25, 0.3) is 0 Å². The van der Waals surface area contributed by atoms with E-state index in [0.717, 1.165) is 0 Å². The zero-order chi connectivity index (χ0) is 6.41. The molecule has 0 aliphatic heterocycles. The van der Waals surface area contributed by atoms with E-state index in [-0.39, 0.29) is 6.04 Å². The van der Waals surface area contributed by atoms with Gasteiger partial charge in [-0.2, -0.15) is 0 Å². The molecule has 1 N–H and O–H groups in total. The largest absolute Gasteiger partial charge is 0.343 e. The number of carbonyl (C=O) groups excluding carboxylic acids is 1. The third-order valence-corrected chi connectivity index (χ3v) is 1.38. The minimum absolute atomic E-state index is 0.143. The maximum Gasteiger partial charge on any atom is 0.309 e. The van der Waals surface area contributed by atoms with Crippen molar-refractivity contribution in [3.8, 4) is 0 Å². The van der Waals surface area contributed by atoms with Crippen molar-refractivity contribution in [1.82, 2.24) is 5.32 Å². The summed E-state index contributed by atoms with van der Waals surface area (Å²) in [7, 11) is 0. The number of hydrogen-bond acceptors (Lipinski definition) is 1. The highest BCUT2D eigenvalue weighted by Crippen LogP contribution is 1.89. The van der Waals surface area contributed by atoms with E-state index < -0.39 is 0 Å². The Morgan fingerprint density at radius 2 is 2.00 bits per heavy atom. The average Bonchev–Trinajstić information content (AvgIpc) is 1.83. The van der Waals surface area contributed by atoms with E-state index in [0.29, 0.717) is 11.8 Å². The van der Waals surface area contributed by atoms with Gasteiger partial charge in [0.1, 0.15) is 0 Å². The van der Waals surface area contributed by atoms with Gasteiger partial charge < -0.3 is 5.32 Å². The van der Waals surface area contributed by atoms with Crippen molar-refractivity contribution in [2.24, 2.45) is 0 Å². The van der Waals surface area contributed by atoms with Crippen molar-refractivity contribution in [2.45, 2.75) is 6.04 Å². The number of hydrogen-bond donors (Lipinski definition) is 1. The molecule has 0 atom stereocenters. The monoisotopic (exact) mass is 154 g/mol. The van der Waals surface area contributed by atoms with Gasteiger partial charge in [-0.05, 0) is 0 Å². The standard InChI is InChI=1S/C4H6Cl2NO/c5-1-4(2-6)7-3-8/h4H,1-2H2,(H,7,8). The Bertz CT molecular complexity index is 65.1. The molecule has 0 unspecified atom stereocenters. The molecule has 0 bridgehead atoms. The predicted molar refractivity (Wildman–Crippen MR) is 34.1 cm³/mol. The summed E-state index contributed by atoms with van der Waals surface area (Å²) in [5, 5.41) is 2.31. The molecule has 0 rings (SSSR count). The van der Waals surface area contributed by atoms with Gasteiger partial charge in [0.2, 0.25) is 0 Å². The molecule has 1 amide bonds. The Hall–Kier alpha value is 0.0500. The minimum Gasteiger partial charge on any atom is -0.343 e. The molecule has 47 valence electrons. The SMILES string of the molecule is O=[C]NC(CCl)CCl. The van der Waals surface area contributed by atoms with Crippen LogP contribution >= 0.6 is 23.2 Å². The van der Waals surface area contributed by atoms with Gasteiger partial charge in [0.15, 0.2) is 0 Å². The molecule has 0 aromatic carbocycles. The number of nitrogens with one attached hydrogen (secondary N) is 1. The van der Waals surface area contributed by atoms with Crippen LogP contribution in [0, 0.1) is 0 Å². The molecule has 0 aromatic heterocycles.